The molecule has 2 rings (SSSR count). The van der Waals surface area contributed by atoms with E-state index < -0.39 is 0 Å². The highest BCUT2D eigenvalue weighted by Gasteiger charge is 2.15. The van der Waals surface area contributed by atoms with Gasteiger partial charge in [-0.2, -0.15) is 5.10 Å². The van der Waals surface area contributed by atoms with Gasteiger partial charge in [0, 0.05) is 32.2 Å². The standard InChI is InChI=1S/C14H21ClN4O2/c1-3-4-5-6-8-18-12-11(10-17(2)16-12)13(20)19(9-7-15)14(18)21/h10H,3-9H2,1-2H3. The third-order valence-corrected chi connectivity index (χ3v) is 3.71. The molecular weight excluding hydrogens is 292 g/mol. The molecule has 0 aliphatic heterocycles. The van der Waals surface area contributed by atoms with E-state index >= 15 is 0 Å². The summed E-state index contributed by atoms with van der Waals surface area (Å²) in [7, 11) is 1.75. The Kier molecular flexibility index (Phi) is 5.22. The minimum Gasteiger partial charge on any atom is -0.276 e. The number of hydrogen-bond donors (Lipinski definition) is 0. The molecule has 0 aliphatic carbocycles. The van der Waals surface area contributed by atoms with Crippen LogP contribution in [0.2, 0.25) is 0 Å². The van der Waals surface area contributed by atoms with Crippen molar-refractivity contribution >= 4 is 22.6 Å². The lowest BCUT2D eigenvalue weighted by Crippen LogP contribution is -2.40. The summed E-state index contributed by atoms with van der Waals surface area (Å²) in [6.45, 7) is 2.94. The molecule has 0 unspecified atom stereocenters. The van der Waals surface area contributed by atoms with E-state index in [4.69, 9.17) is 11.6 Å². The monoisotopic (exact) mass is 312 g/mol. The zero-order valence-corrected chi connectivity index (χ0v) is 13.3. The van der Waals surface area contributed by atoms with E-state index in [1.54, 1.807) is 22.5 Å². The second-order valence-corrected chi connectivity index (χ2v) is 5.56. The zero-order valence-electron chi connectivity index (χ0n) is 12.5. The maximum atomic E-state index is 12.5. The first-order valence-electron chi connectivity index (χ1n) is 7.33. The number of alkyl halides is 1. The van der Waals surface area contributed by atoms with E-state index in [9.17, 15) is 9.59 Å². The summed E-state index contributed by atoms with van der Waals surface area (Å²) in [5.74, 6) is 0.233. The van der Waals surface area contributed by atoms with Crippen LogP contribution >= 0.6 is 11.6 Å². The van der Waals surface area contributed by atoms with Gasteiger partial charge in [0.05, 0.1) is 0 Å². The maximum Gasteiger partial charge on any atom is 0.332 e. The van der Waals surface area contributed by atoms with Gasteiger partial charge in [0.1, 0.15) is 5.39 Å². The largest absolute Gasteiger partial charge is 0.332 e. The van der Waals surface area contributed by atoms with E-state index in [-0.39, 0.29) is 23.7 Å². The molecule has 0 fully saturated rings. The highest BCUT2D eigenvalue weighted by atomic mass is 35.5. The molecule has 0 aliphatic rings. The molecule has 6 nitrogen and oxygen atoms in total. The van der Waals surface area contributed by atoms with Gasteiger partial charge >= 0.3 is 5.69 Å². The Hall–Kier alpha value is -1.56. The van der Waals surface area contributed by atoms with Crippen LogP contribution in [0.3, 0.4) is 0 Å². The first kappa shape index (κ1) is 15.8. The highest BCUT2D eigenvalue weighted by Crippen LogP contribution is 2.07. The SMILES string of the molecule is CCCCCCn1c(=O)n(CCCl)c(=O)c2cn(C)nc21. The molecule has 0 amide bonds. The molecule has 2 aromatic heterocycles. The Labute approximate surface area is 127 Å². The van der Waals surface area contributed by atoms with Crippen LogP contribution in [0.5, 0.6) is 0 Å². The summed E-state index contributed by atoms with van der Waals surface area (Å²) in [6, 6.07) is 0. The van der Waals surface area contributed by atoms with Crippen LogP contribution < -0.4 is 11.2 Å². The first-order chi connectivity index (χ1) is 10.1. The zero-order chi connectivity index (χ0) is 15.4. The van der Waals surface area contributed by atoms with Crippen molar-refractivity contribution in [3.8, 4) is 0 Å². The number of unbranched alkanes of at least 4 members (excludes halogenated alkanes) is 3. The quantitative estimate of drug-likeness (QED) is 0.577. The number of fused-ring (bicyclic) bond motifs is 1. The minimum atomic E-state index is -0.316. The first-order valence-corrected chi connectivity index (χ1v) is 7.86. The Balaban J connectivity index is 2.50. The van der Waals surface area contributed by atoms with Gasteiger partial charge in [-0.25, -0.2) is 4.79 Å². The van der Waals surface area contributed by atoms with Crippen molar-refractivity contribution in [3.05, 3.63) is 27.0 Å². The van der Waals surface area contributed by atoms with E-state index in [1.165, 1.54) is 4.57 Å². The Morgan fingerprint density at radius 3 is 2.57 bits per heavy atom. The van der Waals surface area contributed by atoms with Crippen LogP contribution in [0.1, 0.15) is 32.6 Å². The molecule has 0 aromatic carbocycles. The molecule has 0 N–H and O–H groups in total. The normalized spacial score (nSPS) is 11.4. The summed E-state index contributed by atoms with van der Waals surface area (Å²) in [5, 5.41) is 4.74. The molecule has 0 radical (unpaired) electrons. The molecule has 2 heterocycles. The molecule has 0 spiro atoms. The fourth-order valence-corrected chi connectivity index (χ4v) is 2.64. The van der Waals surface area contributed by atoms with Crippen molar-refractivity contribution in [2.75, 3.05) is 5.88 Å². The molecule has 0 saturated heterocycles. The lowest BCUT2D eigenvalue weighted by molar-refractivity contribution is 0.539. The van der Waals surface area contributed by atoms with E-state index in [1.807, 2.05) is 0 Å². The molecule has 116 valence electrons. The smallest absolute Gasteiger partial charge is 0.276 e. The lowest BCUT2D eigenvalue weighted by atomic mass is 10.2. The lowest BCUT2D eigenvalue weighted by Gasteiger charge is -2.10. The van der Waals surface area contributed by atoms with E-state index in [0.717, 1.165) is 25.7 Å². The summed E-state index contributed by atoms with van der Waals surface area (Å²) >= 11 is 5.71. The van der Waals surface area contributed by atoms with Gasteiger partial charge < -0.3 is 0 Å². The topological polar surface area (TPSA) is 61.8 Å². The van der Waals surface area contributed by atoms with Gasteiger partial charge in [-0.15, -0.1) is 11.6 Å². The van der Waals surface area contributed by atoms with Crippen molar-refractivity contribution in [1.82, 2.24) is 18.9 Å². The predicted molar refractivity (Wildman–Crippen MR) is 84.1 cm³/mol. The van der Waals surface area contributed by atoms with Crippen LogP contribution in [0.25, 0.3) is 11.0 Å². The number of rotatable bonds is 7. The summed E-state index contributed by atoms with van der Waals surface area (Å²) in [6.07, 6.45) is 5.90. The second kappa shape index (κ2) is 6.93. The van der Waals surface area contributed by atoms with Crippen molar-refractivity contribution in [2.24, 2.45) is 7.05 Å². The average Bonchev–Trinajstić information content (AvgIpc) is 2.84. The second-order valence-electron chi connectivity index (χ2n) is 5.18. The van der Waals surface area contributed by atoms with E-state index in [2.05, 4.69) is 12.0 Å². The maximum absolute atomic E-state index is 12.5. The number of hydrogen-bond acceptors (Lipinski definition) is 3. The highest BCUT2D eigenvalue weighted by molar-refractivity contribution is 6.17. The van der Waals surface area contributed by atoms with Gasteiger partial charge in [0.25, 0.3) is 5.56 Å². The summed E-state index contributed by atoms with van der Waals surface area (Å²) in [5.41, 5.74) is -0.160. The number of nitrogens with zero attached hydrogens (tertiary/aromatic N) is 4. The molecule has 0 atom stereocenters. The Morgan fingerprint density at radius 1 is 1.14 bits per heavy atom. The van der Waals surface area contributed by atoms with Crippen molar-refractivity contribution < 1.29 is 0 Å². The van der Waals surface area contributed by atoms with Crippen LogP contribution in [0.15, 0.2) is 15.8 Å². The number of aryl methyl sites for hydroxylation is 2. The minimum absolute atomic E-state index is 0.221. The van der Waals surface area contributed by atoms with Gasteiger partial charge in [-0.05, 0) is 6.42 Å². The van der Waals surface area contributed by atoms with Crippen molar-refractivity contribution in [1.29, 1.82) is 0 Å². The van der Waals surface area contributed by atoms with Crippen molar-refractivity contribution in [3.63, 3.8) is 0 Å². The Bertz CT molecular complexity index is 729. The third-order valence-electron chi connectivity index (χ3n) is 3.55. The third kappa shape index (κ3) is 3.20. The van der Waals surface area contributed by atoms with Gasteiger partial charge in [-0.1, -0.05) is 26.2 Å². The molecule has 0 saturated carbocycles. The van der Waals surface area contributed by atoms with Crippen LogP contribution in [-0.2, 0) is 20.1 Å². The van der Waals surface area contributed by atoms with Gasteiger partial charge in [-0.3, -0.25) is 18.6 Å². The number of aromatic nitrogens is 4. The predicted octanol–water partition coefficient (Wildman–Crippen LogP) is 1.72. The molecule has 0 bridgehead atoms. The van der Waals surface area contributed by atoms with Gasteiger partial charge in [0.2, 0.25) is 0 Å². The Morgan fingerprint density at radius 2 is 1.90 bits per heavy atom. The number of halogens is 1. The molecule has 2 aromatic rings. The van der Waals surface area contributed by atoms with Gasteiger partial charge in [0.15, 0.2) is 5.65 Å². The van der Waals surface area contributed by atoms with Crippen LogP contribution in [-0.4, -0.2) is 24.8 Å². The van der Waals surface area contributed by atoms with E-state index in [0.29, 0.717) is 17.6 Å². The average molecular weight is 313 g/mol. The molecule has 7 heteroatoms. The summed E-state index contributed by atoms with van der Waals surface area (Å²) < 4.78 is 4.37. The van der Waals surface area contributed by atoms with Crippen LogP contribution in [0, 0.1) is 0 Å². The molecule has 21 heavy (non-hydrogen) atoms. The van der Waals surface area contributed by atoms with Crippen LogP contribution in [0.4, 0.5) is 0 Å². The molecular formula is C14H21ClN4O2. The van der Waals surface area contributed by atoms with Crippen molar-refractivity contribution in [2.45, 2.75) is 45.7 Å². The fraction of sp³-hybridized carbons (Fsp3) is 0.643. The summed E-state index contributed by atoms with van der Waals surface area (Å²) in [4.78, 5) is 24.8. The fourth-order valence-electron chi connectivity index (χ4n) is 2.48.